The van der Waals surface area contributed by atoms with Gasteiger partial charge < -0.3 is 29.0 Å². The molecular formula is C32H45BrN6O7. The number of benzene rings is 1. The minimum Gasteiger partial charge on any atom is -0.497 e. The molecule has 0 spiro atoms. The zero-order valence-electron chi connectivity index (χ0n) is 28.0. The quantitative estimate of drug-likeness (QED) is 0.284. The van der Waals surface area contributed by atoms with Crippen molar-refractivity contribution in [1.29, 1.82) is 0 Å². The lowest BCUT2D eigenvalue weighted by Gasteiger charge is -2.44. The number of imidazole rings is 1. The van der Waals surface area contributed by atoms with Gasteiger partial charge >= 0.3 is 12.1 Å². The number of carbonyl (C=O) groups is 2. The highest BCUT2D eigenvalue weighted by Gasteiger charge is 2.40. The first-order valence-corrected chi connectivity index (χ1v) is 15.8. The summed E-state index contributed by atoms with van der Waals surface area (Å²) in [5.74, 6) is 2.24. The number of ether oxygens (including phenoxy) is 5. The van der Waals surface area contributed by atoms with Crippen molar-refractivity contribution in [2.75, 3.05) is 52.9 Å². The Morgan fingerprint density at radius 2 is 1.87 bits per heavy atom. The van der Waals surface area contributed by atoms with E-state index >= 15 is 0 Å². The summed E-state index contributed by atoms with van der Waals surface area (Å²) < 4.78 is 30.5. The van der Waals surface area contributed by atoms with E-state index in [2.05, 4.69) is 26.2 Å². The van der Waals surface area contributed by atoms with E-state index in [1.165, 1.54) is 7.11 Å². The molecule has 1 saturated heterocycles. The number of methoxy groups -OCH3 is 3. The summed E-state index contributed by atoms with van der Waals surface area (Å²) in [5.41, 5.74) is 0.569. The smallest absolute Gasteiger partial charge is 0.410 e. The third-order valence-corrected chi connectivity index (χ3v) is 8.17. The largest absolute Gasteiger partial charge is 0.497 e. The van der Waals surface area contributed by atoms with Crippen molar-refractivity contribution in [2.24, 2.45) is 0 Å². The summed E-state index contributed by atoms with van der Waals surface area (Å²) in [4.78, 5) is 38.9. The lowest BCUT2D eigenvalue weighted by molar-refractivity contribution is -0.144. The van der Waals surface area contributed by atoms with E-state index < -0.39 is 17.8 Å². The molecule has 0 bridgehead atoms. The molecule has 1 aliphatic rings. The van der Waals surface area contributed by atoms with Crippen LogP contribution in [-0.2, 0) is 25.5 Å². The number of hydrogen-bond acceptors (Lipinski definition) is 11. The molecule has 4 rings (SSSR count). The third-order valence-electron chi connectivity index (χ3n) is 7.62. The van der Waals surface area contributed by atoms with Gasteiger partial charge in [-0.05, 0) is 69.6 Å². The van der Waals surface area contributed by atoms with Crippen LogP contribution < -0.4 is 14.8 Å². The van der Waals surface area contributed by atoms with Crippen molar-refractivity contribution in [3.8, 4) is 11.5 Å². The van der Waals surface area contributed by atoms with Gasteiger partial charge in [0.1, 0.15) is 39.1 Å². The molecule has 1 amide bonds. The van der Waals surface area contributed by atoms with Crippen LogP contribution in [-0.4, -0.2) is 101 Å². The summed E-state index contributed by atoms with van der Waals surface area (Å²) in [6.45, 7) is 12.8. The van der Waals surface area contributed by atoms with Crippen molar-refractivity contribution < 1.29 is 33.3 Å². The Bertz CT molecular complexity index is 1530. The van der Waals surface area contributed by atoms with E-state index in [0.29, 0.717) is 40.8 Å². The number of amides is 1. The van der Waals surface area contributed by atoms with Crippen LogP contribution in [0.3, 0.4) is 0 Å². The monoisotopic (exact) mass is 704 g/mol. The van der Waals surface area contributed by atoms with Crippen LogP contribution in [0, 0.1) is 0 Å². The Kier molecular flexibility index (Phi) is 11.1. The minimum absolute atomic E-state index is 0.0745. The van der Waals surface area contributed by atoms with Crippen molar-refractivity contribution in [1.82, 2.24) is 24.2 Å². The molecule has 0 unspecified atom stereocenters. The fourth-order valence-electron chi connectivity index (χ4n) is 5.15. The highest BCUT2D eigenvalue weighted by molar-refractivity contribution is 9.10. The molecule has 1 aliphatic heterocycles. The second-order valence-corrected chi connectivity index (χ2v) is 13.8. The van der Waals surface area contributed by atoms with Gasteiger partial charge in [0, 0.05) is 42.7 Å². The molecule has 46 heavy (non-hydrogen) atoms. The van der Waals surface area contributed by atoms with Gasteiger partial charge in [0.05, 0.1) is 47.1 Å². The van der Waals surface area contributed by atoms with Crippen LogP contribution in [0.25, 0.3) is 5.52 Å². The number of anilines is 1. The standard InChI is InChI=1S/C32H45BrN6O7/c1-31(2,3)37(18-25(40)44-9)16-21-19-45-24(17-39(21)30(41)46-32(4,5)6)29-36-27(33)26-28(34-12-13-38(26)29)35-15-20-10-11-22(42-7)14-23(20)43-8/h10-14,21,24H,15-19H2,1-9H3,(H,34,35)/t21-,24-/m1/s1. The fourth-order valence-corrected chi connectivity index (χ4v) is 5.71. The highest BCUT2D eigenvalue weighted by Crippen LogP contribution is 2.33. The Morgan fingerprint density at radius 1 is 1.13 bits per heavy atom. The van der Waals surface area contributed by atoms with Gasteiger partial charge in [-0.25, -0.2) is 14.8 Å². The molecule has 0 saturated carbocycles. The van der Waals surface area contributed by atoms with Gasteiger partial charge in [-0.1, -0.05) is 0 Å². The van der Waals surface area contributed by atoms with Crippen LogP contribution in [0.4, 0.5) is 10.6 Å². The first kappa shape index (κ1) is 35.2. The number of halogens is 1. The van der Waals surface area contributed by atoms with Crippen LogP contribution in [0.2, 0.25) is 0 Å². The number of fused-ring (bicyclic) bond motifs is 1. The SMILES string of the molecule is COC(=O)CN(C[C@@H]1CO[C@@H](c2nc(Br)c3c(NCc4ccc(OC)cc4OC)nccn23)CN1C(=O)OC(C)(C)C)C(C)(C)C. The van der Waals surface area contributed by atoms with Gasteiger partial charge in [-0.3, -0.25) is 19.0 Å². The molecule has 3 heterocycles. The number of carbonyl (C=O) groups excluding carboxylic acids is 2. The topological polar surface area (TPSA) is 129 Å². The van der Waals surface area contributed by atoms with Gasteiger partial charge in [-0.15, -0.1) is 0 Å². The molecule has 14 heteroatoms. The molecule has 0 aliphatic carbocycles. The molecular weight excluding hydrogens is 660 g/mol. The van der Waals surface area contributed by atoms with Crippen LogP contribution in [0.1, 0.15) is 59.0 Å². The number of rotatable bonds is 10. The van der Waals surface area contributed by atoms with E-state index in [4.69, 9.17) is 28.7 Å². The normalized spacial score (nSPS) is 17.2. The number of aromatic nitrogens is 3. The predicted molar refractivity (Wildman–Crippen MR) is 176 cm³/mol. The van der Waals surface area contributed by atoms with Crippen molar-refractivity contribution in [3.05, 3.63) is 46.6 Å². The molecule has 2 aromatic heterocycles. The number of nitrogens with zero attached hydrogens (tertiary/aromatic N) is 5. The van der Waals surface area contributed by atoms with Crippen LogP contribution in [0.5, 0.6) is 11.5 Å². The van der Waals surface area contributed by atoms with E-state index in [9.17, 15) is 9.59 Å². The van der Waals surface area contributed by atoms with Gasteiger partial charge in [0.15, 0.2) is 5.82 Å². The number of hydrogen-bond donors (Lipinski definition) is 1. The average molecular weight is 706 g/mol. The Hall–Kier alpha value is -3.62. The first-order valence-electron chi connectivity index (χ1n) is 15.1. The number of esters is 1. The molecule has 2 atom stereocenters. The second-order valence-electron chi connectivity index (χ2n) is 13.0. The van der Waals surface area contributed by atoms with Gasteiger partial charge in [-0.2, -0.15) is 0 Å². The van der Waals surface area contributed by atoms with Crippen molar-refractivity contribution in [3.63, 3.8) is 0 Å². The highest BCUT2D eigenvalue weighted by atomic mass is 79.9. The van der Waals surface area contributed by atoms with Gasteiger partial charge in [0.25, 0.3) is 0 Å². The zero-order chi connectivity index (χ0) is 33.8. The Labute approximate surface area is 278 Å². The Balaban J connectivity index is 1.62. The predicted octanol–water partition coefficient (Wildman–Crippen LogP) is 5.07. The maximum Gasteiger partial charge on any atom is 0.410 e. The summed E-state index contributed by atoms with van der Waals surface area (Å²) in [5, 5.41) is 3.40. The molecule has 13 nitrogen and oxygen atoms in total. The van der Waals surface area contributed by atoms with E-state index in [-0.39, 0.29) is 37.2 Å². The minimum atomic E-state index is -0.701. The van der Waals surface area contributed by atoms with E-state index in [0.717, 1.165) is 11.1 Å². The lowest BCUT2D eigenvalue weighted by atomic mass is 10.0. The van der Waals surface area contributed by atoms with Crippen molar-refractivity contribution in [2.45, 2.75) is 71.4 Å². The summed E-state index contributed by atoms with van der Waals surface area (Å²) in [7, 11) is 4.59. The second kappa shape index (κ2) is 14.4. The first-order chi connectivity index (χ1) is 21.6. The summed E-state index contributed by atoms with van der Waals surface area (Å²) in [6.07, 6.45) is 2.47. The fraction of sp³-hybridized carbons (Fsp3) is 0.562. The van der Waals surface area contributed by atoms with Crippen molar-refractivity contribution >= 4 is 39.3 Å². The van der Waals surface area contributed by atoms with E-state index in [1.807, 2.05) is 75.2 Å². The lowest BCUT2D eigenvalue weighted by Crippen LogP contribution is -2.58. The molecule has 1 aromatic carbocycles. The number of nitrogens with one attached hydrogen (secondary N) is 1. The molecule has 3 aromatic rings. The van der Waals surface area contributed by atoms with Crippen LogP contribution in [0.15, 0.2) is 35.2 Å². The molecule has 0 radical (unpaired) electrons. The molecule has 1 N–H and O–H groups in total. The van der Waals surface area contributed by atoms with E-state index in [1.54, 1.807) is 25.3 Å². The summed E-state index contributed by atoms with van der Waals surface area (Å²) >= 11 is 3.62. The maximum absolute atomic E-state index is 13.6. The van der Waals surface area contributed by atoms with Crippen LogP contribution >= 0.6 is 15.9 Å². The maximum atomic E-state index is 13.6. The number of morpholine rings is 1. The average Bonchev–Trinajstić information content (AvgIpc) is 3.35. The zero-order valence-corrected chi connectivity index (χ0v) is 29.6. The third kappa shape index (κ3) is 8.39. The molecule has 252 valence electrons. The summed E-state index contributed by atoms with van der Waals surface area (Å²) in [6, 6.07) is 5.26. The van der Waals surface area contributed by atoms with Gasteiger partial charge in [0.2, 0.25) is 0 Å². The Morgan fingerprint density at radius 3 is 2.50 bits per heavy atom. The molecule has 1 fully saturated rings.